The highest BCUT2D eigenvalue weighted by molar-refractivity contribution is 7.46. The van der Waals surface area contributed by atoms with Gasteiger partial charge in [-0.05, 0) is 0 Å². The highest BCUT2D eigenvalue weighted by Crippen LogP contribution is 2.48. The van der Waals surface area contributed by atoms with Gasteiger partial charge in [0, 0.05) is 19.4 Å². The minimum absolute atomic E-state index is 0.702. The van der Waals surface area contributed by atoms with Crippen molar-refractivity contribution in [3.63, 3.8) is 0 Å². The first-order chi connectivity index (χ1) is 10.6. The molecule has 0 amide bonds. The minimum atomic E-state index is -5.07. The van der Waals surface area contributed by atoms with Crippen LogP contribution in [0.4, 0.5) is 0 Å². The lowest BCUT2D eigenvalue weighted by molar-refractivity contribution is -0.262. The molecule has 4 atom stereocenters. The minimum Gasteiger partial charge on any atom is -0.394 e. The summed E-state index contributed by atoms with van der Waals surface area (Å²) in [5.41, 5.74) is -1.67. The Morgan fingerprint density at radius 2 is 2.13 bits per heavy atom. The van der Waals surface area contributed by atoms with Gasteiger partial charge in [-0.15, -0.1) is 0 Å². The Morgan fingerprint density at radius 1 is 1.48 bits per heavy atom. The molecule has 1 aromatic rings. The Morgan fingerprint density at radius 3 is 2.61 bits per heavy atom. The van der Waals surface area contributed by atoms with Crippen LogP contribution >= 0.6 is 7.82 Å². The highest BCUT2D eigenvalue weighted by Gasteiger charge is 2.60. The fourth-order valence-electron chi connectivity index (χ4n) is 2.27. The first-order valence-corrected chi connectivity index (χ1v) is 7.74. The van der Waals surface area contributed by atoms with Crippen molar-refractivity contribution in [2.45, 2.75) is 24.2 Å². The topological polar surface area (TPSA) is 181 Å². The van der Waals surface area contributed by atoms with Crippen LogP contribution < -0.4 is 11.2 Å². The number of nitrogens with one attached hydrogen (secondary N) is 1. The summed E-state index contributed by atoms with van der Waals surface area (Å²) >= 11 is 0. The van der Waals surface area contributed by atoms with Crippen molar-refractivity contribution in [1.82, 2.24) is 9.55 Å². The summed E-state index contributed by atoms with van der Waals surface area (Å²) in [7, 11) is -4.08. The van der Waals surface area contributed by atoms with Crippen LogP contribution in [-0.4, -0.2) is 61.3 Å². The molecule has 2 rings (SSSR count). The van der Waals surface area contributed by atoms with Gasteiger partial charge in [0.2, 0.25) is 5.79 Å². The molecule has 0 saturated carbocycles. The molecule has 0 aliphatic carbocycles. The van der Waals surface area contributed by atoms with Gasteiger partial charge in [-0.25, -0.2) is 9.36 Å². The summed E-state index contributed by atoms with van der Waals surface area (Å²) < 4.78 is 26.3. The van der Waals surface area contributed by atoms with Gasteiger partial charge in [0.1, 0.15) is 6.10 Å². The van der Waals surface area contributed by atoms with E-state index in [1.54, 1.807) is 0 Å². The number of ether oxygens (including phenoxy) is 2. The van der Waals surface area contributed by atoms with Crippen molar-refractivity contribution in [2.24, 2.45) is 0 Å². The Labute approximate surface area is 128 Å². The third kappa shape index (κ3) is 3.44. The van der Waals surface area contributed by atoms with E-state index in [2.05, 4.69) is 4.52 Å². The van der Waals surface area contributed by atoms with Crippen LogP contribution in [0.2, 0.25) is 0 Å². The van der Waals surface area contributed by atoms with E-state index >= 15 is 0 Å². The van der Waals surface area contributed by atoms with E-state index in [-0.39, 0.29) is 0 Å². The quantitative estimate of drug-likeness (QED) is 0.274. The van der Waals surface area contributed by atoms with Gasteiger partial charge < -0.3 is 29.5 Å². The maximum Gasteiger partial charge on any atom is 0.470 e. The zero-order valence-electron chi connectivity index (χ0n) is 11.7. The van der Waals surface area contributed by atoms with Crippen molar-refractivity contribution >= 4 is 7.82 Å². The molecule has 0 aromatic carbocycles. The number of nitrogens with zero attached hydrogens (tertiary/aromatic N) is 1. The molecule has 1 aliphatic rings. The number of hydrogen-bond acceptors (Lipinski definition) is 8. The average Bonchev–Trinajstić information content (AvgIpc) is 2.71. The van der Waals surface area contributed by atoms with Crippen LogP contribution in [-0.2, 0) is 18.6 Å². The van der Waals surface area contributed by atoms with Crippen molar-refractivity contribution < 1.29 is 38.6 Å². The maximum atomic E-state index is 11.8. The van der Waals surface area contributed by atoms with E-state index in [1.165, 1.54) is 0 Å². The molecular weight excluding hydrogens is 339 g/mol. The Bertz CT molecular complexity index is 725. The molecule has 1 aliphatic heterocycles. The molecule has 5 N–H and O–H groups in total. The van der Waals surface area contributed by atoms with Gasteiger partial charge in [-0.2, -0.15) is 0 Å². The molecule has 0 radical (unpaired) electrons. The third-order valence-electron chi connectivity index (χ3n) is 3.26. The Kier molecular flexibility index (Phi) is 4.89. The number of aliphatic hydroxyl groups is 2. The lowest BCUT2D eigenvalue weighted by Gasteiger charge is -2.32. The fraction of sp³-hybridized carbons (Fsp3) is 0.600. The predicted octanol–water partition coefficient (Wildman–Crippen LogP) is -2.76. The Hall–Kier alpha value is -1.37. The van der Waals surface area contributed by atoms with Crippen LogP contribution in [0.25, 0.3) is 0 Å². The molecule has 13 heteroatoms. The van der Waals surface area contributed by atoms with Gasteiger partial charge in [0.25, 0.3) is 5.56 Å². The molecule has 23 heavy (non-hydrogen) atoms. The summed E-state index contributed by atoms with van der Waals surface area (Å²) in [5.74, 6) is -2.52. The number of aromatic nitrogens is 2. The molecule has 2 heterocycles. The summed E-state index contributed by atoms with van der Waals surface area (Å²) in [6.07, 6.45) is -3.85. The second kappa shape index (κ2) is 6.26. The van der Waals surface area contributed by atoms with E-state index in [0.717, 1.165) is 23.9 Å². The van der Waals surface area contributed by atoms with Crippen molar-refractivity contribution in [3.05, 3.63) is 33.1 Å². The zero-order valence-corrected chi connectivity index (χ0v) is 12.6. The Balaban J connectivity index is 2.50. The van der Waals surface area contributed by atoms with E-state index in [9.17, 15) is 24.4 Å². The van der Waals surface area contributed by atoms with E-state index < -0.39 is 49.9 Å². The summed E-state index contributed by atoms with van der Waals surface area (Å²) in [6, 6.07) is 0.964. The molecular formula is C10H15N2O10P. The largest absolute Gasteiger partial charge is 0.470 e. The summed E-state index contributed by atoms with van der Waals surface area (Å²) in [6.45, 7) is -0.787. The van der Waals surface area contributed by atoms with Crippen LogP contribution in [0.5, 0.6) is 0 Å². The van der Waals surface area contributed by atoms with E-state index in [4.69, 9.17) is 19.3 Å². The molecule has 0 spiro atoms. The SMILES string of the molecule is CO[C@@]1(O)[C@H](OP(=O)(O)O)[C@@H](CO)O[C@H]1n1ccc(=O)[nH]c1=O. The molecule has 1 aromatic heterocycles. The van der Waals surface area contributed by atoms with Gasteiger partial charge >= 0.3 is 13.5 Å². The number of phosphoric ester groups is 1. The van der Waals surface area contributed by atoms with Gasteiger partial charge in [-0.1, -0.05) is 0 Å². The average molecular weight is 354 g/mol. The number of rotatable bonds is 5. The van der Waals surface area contributed by atoms with Gasteiger partial charge in [0.05, 0.1) is 6.61 Å². The maximum absolute atomic E-state index is 11.8. The van der Waals surface area contributed by atoms with Crippen molar-refractivity contribution in [1.29, 1.82) is 0 Å². The van der Waals surface area contributed by atoms with Gasteiger partial charge in [0.15, 0.2) is 12.3 Å². The van der Waals surface area contributed by atoms with Crippen LogP contribution in [0.1, 0.15) is 6.23 Å². The standard InChI is InChI=1S/C10H15N2O10P/c1-20-10(16)7(22-23(17,18)19)5(4-13)21-8(10)12-3-2-6(14)11-9(12)15/h2-3,5,7-8,13,16H,4H2,1H3,(H,11,14,15)(H2,17,18,19)/t5-,7-,8-,10+/m1/s1. The first kappa shape index (κ1) is 18.0. The number of phosphoric acid groups is 1. The van der Waals surface area contributed by atoms with Crippen LogP contribution in [0.3, 0.4) is 0 Å². The molecule has 0 unspecified atom stereocenters. The number of H-pyrrole nitrogens is 1. The van der Waals surface area contributed by atoms with Crippen LogP contribution in [0.15, 0.2) is 21.9 Å². The molecule has 130 valence electrons. The first-order valence-electron chi connectivity index (χ1n) is 6.21. The predicted molar refractivity (Wildman–Crippen MR) is 71.2 cm³/mol. The van der Waals surface area contributed by atoms with E-state index in [0.29, 0.717) is 0 Å². The normalized spacial score (nSPS) is 31.4. The number of aromatic amines is 1. The summed E-state index contributed by atoms with van der Waals surface area (Å²) in [5, 5.41) is 19.8. The number of hydrogen-bond donors (Lipinski definition) is 5. The fourth-order valence-corrected chi connectivity index (χ4v) is 2.85. The summed E-state index contributed by atoms with van der Waals surface area (Å²) in [4.78, 5) is 42.7. The molecule has 1 saturated heterocycles. The zero-order chi connectivity index (χ0) is 17.4. The molecule has 0 bridgehead atoms. The second-order valence-corrected chi connectivity index (χ2v) is 5.89. The second-order valence-electron chi connectivity index (χ2n) is 4.70. The van der Waals surface area contributed by atoms with Gasteiger partial charge in [-0.3, -0.25) is 18.9 Å². The molecule has 1 fully saturated rings. The number of methoxy groups -OCH3 is 1. The third-order valence-corrected chi connectivity index (χ3v) is 3.77. The van der Waals surface area contributed by atoms with Crippen molar-refractivity contribution in [3.8, 4) is 0 Å². The monoisotopic (exact) mass is 354 g/mol. The lowest BCUT2D eigenvalue weighted by Crippen LogP contribution is -2.51. The smallest absolute Gasteiger partial charge is 0.394 e. The van der Waals surface area contributed by atoms with Crippen molar-refractivity contribution in [2.75, 3.05) is 13.7 Å². The van der Waals surface area contributed by atoms with E-state index in [1.807, 2.05) is 4.98 Å². The highest BCUT2D eigenvalue weighted by atomic mass is 31.2. The number of aliphatic hydroxyl groups excluding tert-OH is 1. The molecule has 12 nitrogen and oxygen atoms in total. The van der Waals surface area contributed by atoms with Crippen LogP contribution in [0, 0.1) is 0 Å². The lowest BCUT2D eigenvalue weighted by atomic mass is 10.1.